The zero-order valence-electron chi connectivity index (χ0n) is 11.9. The van der Waals surface area contributed by atoms with Gasteiger partial charge in [-0.2, -0.15) is 0 Å². The molecule has 1 aromatic rings. The maximum atomic E-state index is 5.88. The summed E-state index contributed by atoms with van der Waals surface area (Å²) in [5.41, 5.74) is 1.11. The minimum Gasteiger partial charge on any atom is -0.378 e. The van der Waals surface area contributed by atoms with Gasteiger partial charge in [0.2, 0.25) is 0 Å². The first-order valence-corrected chi connectivity index (χ1v) is 8.11. The van der Waals surface area contributed by atoms with Crippen molar-refractivity contribution in [3.05, 3.63) is 16.1 Å². The van der Waals surface area contributed by atoms with Crippen molar-refractivity contribution in [3.8, 4) is 0 Å². The topological polar surface area (TPSA) is 46.2 Å². The van der Waals surface area contributed by atoms with Gasteiger partial charge in [0, 0.05) is 17.7 Å². The molecule has 0 aromatic carbocycles. The Morgan fingerprint density at radius 2 is 2.32 bits per heavy atom. The van der Waals surface area contributed by atoms with E-state index in [0.717, 1.165) is 51.2 Å². The van der Waals surface area contributed by atoms with Crippen LogP contribution in [0.1, 0.15) is 42.9 Å². The largest absolute Gasteiger partial charge is 0.378 e. The molecule has 1 fully saturated rings. The standard InChI is InChI=1S/C14H25N3OS/c1-11-10-19-14(17-11)12(2)16-6-3-9-18-13-4-7-15-8-5-13/h10,12-13,15-16H,3-9H2,1-2H3. The van der Waals surface area contributed by atoms with Gasteiger partial charge in [-0.1, -0.05) is 0 Å². The SMILES string of the molecule is Cc1csc(C(C)NCCCOC2CCNCC2)n1. The van der Waals surface area contributed by atoms with Crippen LogP contribution in [0.25, 0.3) is 0 Å². The molecule has 0 aliphatic carbocycles. The summed E-state index contributed by atoms with van der Waals surface area (Å²) < 4.78 is 5.88. The van der Waals surface area contributed by atoms with Crippen LogP contribution >= 0.6 is 11.3 Å². The van der Waals surface area contributed by atoms with Gasteiger partial charge in [-0.3, -0.25) is 0 Å². The van der Waals surface area contributed by atoms with E-state index in [4.69, 9.17) is 4.74 Å². The minimum absolute atomic E-state index is 0.345. The lowest BCUT2D eigenvalue weighted by molar-refractivity contribution is 0.0316. The summed E-state index contributed by atoms with van der Waals surface area (Å²) in [6, 6.07) is 0.345. The Morgan fingerprint density at radius 3 is 3.00 bits per heavy atom. The molecule has 1 aliphatic rings. The predicted octanol–water partition coefficient (Wildman–Crippen LogP) is 2.26. The highest BCUT2D eigenvalue weighted by molar-refractivity contribution is 7.09. The predicted molar refractivity (Wildman–Crippen MR) is 79.7 cm³/mol. The third kappa shape index (κ3) is 5.18. The van der Waals surface area contributed by atoms with Crippen LogP contribution in [0.15, 0.2) is 5.38 Å². The second-order valence-corrected chi connectivity index (χ2v) is 6.07. The summed E-state index contributed by atoms with van der Waals surface area (Å²) in [6.45, 7) is 8.27. The van der Waals surface area contributed by atoms with E-state index >= 15 is 0 Å². The quantitative estimate of drug-likeness (QED) is 0.754. The summed E-state index contributed by atoms with van der Waals surface area (Å²) in [7, 11) is 0. The fourth-order valence-electron chi connectivity index (χ4n) is 2.26. The number of aromatic nitrogens is 1. The van der Waals surface area contributed by atoms with Crippen LogP contribution in [0.2, 0.25) is 0 Å². The highest BCUT2D eigenvalue weighted by Crippen LogP contribution is 2.17. The third-order valence-corrected chi connectivity index (χ3v) is 4.56. The molecule has 1 aromatic heterocycles. The number of hydrogen-bond donors (Lipinski definition) is 2. The smallest absolute Gasteiger partial charge is 0.110 e. The average Bonchev–Trinajstić information content (AvgIpc) is 2.86. The Hall–Kier alpha value is -0.490. The molecule has 0 amide bonds. The number of nitrogens with zero attached hydrogens (tertiary/aromatic N) is 1. The van der Waals surface area contributed by atoms with Crippen LogP contribution in [0.4, 0.5) is 0 Å². The van der Waals surface area contributed by atoms with Crippen molar-refractivity contribution in [3.63, 3.8) is 0 Å². The van der Waals surface area contributed by atoms with E-state index in [1.165, 1.54) is 5.01 Å². The molecule has 4 nitrogen and oxygen atoms in total. The number of ether oxygens (including phenoxy) is 1. The van der Waals surface area contributed by atoms with Crippen molar-refractivity contribution >= 4 is 11.3 Å². The molecule has 1 atom stereocenters. The second-order valence-electron chi connectivity index (χ2n) is 5.18. The van der Waals surface area contributed by atoms with Crippen molar-refractivity contribution in [1.29, 1.82) is 0 Å². The first-order valence-electron chi connectivity index (χ1n) is 7.23. The Balaban J connectivity index is 1.54. The first kappa shape index (κ1) is 14.9. The van der Waals surface area contributed by atoms with Crippen LogP contribution in [0, 0.1) is 6.92 Å². The second kappa shape index (κ2) is 7.94. The summed E-state index contributed by atoms with van der Waals surface area (Å²) in [5.74, 6) is 0. The van der Waals surface area contributed by atoms with Crippen molar-refractivity contribution in [2.24, 2.45) is 0 Å². The molecule has 108 valence electrons. The molecule has 5 heteroatoms. The lowest BCUT2D eigenvalue weighted by Crippen LogP contribution is -2.33. The molecule has 19 heavy (non-hydrogen) atoms. The number of piperidine rings is 1. The number of thiazole rings is 1. The van der Waals surface area contributed by atoms with Crippen LogP contribution in [0.5, 0.6) is 0 Å². The third-order valence-electron chi connectivity index (χ3n) is 3.42. The molecular weight excluding hydrogens is 258 g/mol. The van der Waals surface area contributed by atoms with E-state index in [1.807, 2.05) is 6.92 Å². The van der Waals surface area contributed by atoms with E-state index in [0.29, 0.717) is 12.1 Å². The summed E-state index contributed by atoms with van der Waals surface area (Å²) in [4.78, 5) is 4.50. The Kier molecular flexibility index (Phi) is 6.23. The van der Waals surface area contributed by atoms with Crippen molar-refractivity contribution in [2.45, 2.75) is 45.3 Å². The molecule has 1 unspecified atom stereocenters. The number of nitrogens with one attached hydrogen (secondary N) is 2. The minimum atomic E-state index is 0.345. The summed E-state index contributed by atoms with van der Waals surface area (Å²) in [6.07, 6.45) is 3.85. The number of rotatable bonds is 7. The van der Waals surface area contributed by atoms with Gasteiger partial charge >= 0.3 is 0 Å². The zero-order valence-corrected chi connectivity index (χ0v) is 12.8. The molecule has 2 N–H and O–H groups in total. The van der Waals surface area contributed by atoms with Crippen molar-refractivity contribution in [1.82, 2.24) is 15.6 Å². The highest BCUT2D eigenvalue weighted by atomic mass is 32.1. The van der Waals surface area contributed by atoms with Gasteiger partial charge in [0.1, 0.15) is 5.01 Å². The molecule has 1 saturated heterocycles. The van der Waals surface area contributed by atoms with Crippen LogP contribution in [-0.4, -0.2) is 37.3 Å². The van der Waals surface area contributed by atoms with Gasteiger partial charge in [0.05, 0.1) is 12.1 Å². The lowest BCUT2D eigenvalue weighted by Gasteiger charge is -2.23. The van der Waals surface area contributed by atoms with E-state index < -0.39 is 0 Å². The van der Waals surface area contributed by atoms with Crippen LogP contribution < -0.4 is 10.6 Å². The Labute approximate surface area is 120 Å². The van der Waals surface area contributed by atoms with Gasteiger partial charge in [0.25, 0.3) is 0 Å². The van der Waals surface area contributed by atoms with Gasteiger partial charge in [-0.05, 0) is 52.7 Å². The van der Waals surface area contributed by atoms with Crippen molar-refractivity contribution < 1.29 is 4.74 Å². The van der Waals surface area contributed by atoms with E-state index in [1.54, 1.807) is 11.3 Å². The number of hydrogen-bond acceptors (Lipinski definition) is 5. The molecule has 2 heterocycles. The molecule has 0 saturated carbocycles. The fourth-order valence-corrected chi connectivity index (χ4v) is 3.09. The zero-order chi connectivity index (χ0) is 13.5. The summed E-state index contributed by atoms with van der Waals surface area (Å²) >= 11 is 1.73. The molecule has 1 aliphatic heterocycles. The monoisotopic (exact) mass is 283 g/mol. The fraction of sp³-hybridized carbons (Fsp3) is 0.786. The van der Waals surface area contributed by atoms with E-state index in [2.05, 4.69) is 27.9 Å². The van der Waals surface area contributed by atoms with Gasteiger partial charge in [0.15, 0.2) is 0 Å². The van der Waals surface area contributed by atoms with Gasteiger partial charge in [-0.15, -0.1) is 11.3 Å². The molecule has 0 bridgehead atoms. The van der Waals surface area contributed by atoms with Crippen molar-refractivity contribution in [2.75, 3.05) is 26.2 Å². The Morgan fingerprint density at radius 1 is 1.53 bits per heavy atom. The molecule has 0 spiro atoms. The van der Waals surface area contributed by atoms with Gasteiger partial charge < -0.3 is 15.4 Å². The average molecular weight is 283 g/mol. The Bertz CT molecular complexity index is 363. The van der Waals surface area contributed by atoms with E-state index in [9.17, 15) is 0 Å². The molecular formula is C14H25N3OS. The van der Waals surface area contributed by atoms with E-state index in [-0.39, 0.29) is 0 Å². The van der Waals surface area contributed by atoms with Crippen LogP contribution in [0.3, 0.4) is 0 Å². The van der Waals surface area contributed by atoms with Crippen LogP contribution in [-0.2, 0) is 4.74 Å². The summed E-state index contributed by atoms with van der Waals surface area (Å²) in [5, 5.41) is 10.1. The molecule has 2 rings (SSSR count). The number of aryl methyl sites for hydroxylation is 1. The lowest BCUT2D eigenvalue weighted by atomic mass is 10.1. The normalized spacial score (nSPS) is 18.6. The highest BCUT2D eigenvalue weighted by Gasteiger charge is 2.13. The first-order chi connectivity index (χ1) is 9.25. The maximum absolute atomic E-state index is 5.88. The van der Waals surface area contributed by atoms with Gasteiger partial charge in [-0.25, -0.2) is 4.98 Å². The molecule has 0 radical (unpaired) electrons. The maximum Gasteiger partial charge on any atom is 0.110 e.